The van der Waals surface area contributed by atoms with Gasteiger partial charge in [-0.3, -0.25) is 15.0 Å². The van der Waals surface area contributed by atoms with Crippen molar-refractivity contribution in [1.82, 2.24) is 10.4 Å². The maximum atomic E-state index is 14.1. The molecule has 0 unspecified atom stereocenters. The van der Waals surface area contributed by atoms with Gasteiger partial charge in [0.15, 0.2) is 6.61 Å². The predicted molar refractivity (Wildman–Crippen MR) is 137 cm³/mol. The Morgan fingerprint density at radius 3 is 2.25 bits per heavy atom. The van der Waals surface area contributed by atoms with Crippen molar-refractivity contribution >= 4 is 11.8 Å². The van der Waals surface area contributed by atoms with Crippen molar-refractivity contribution in [2.75, 3.05) is 26.9 Å². The van der Waals surface area contributed by atoms with E-state index in [1.165, 1.54) is 36.4 Å². The Morgan fingerprint density at radius 2 is 1.60 bits per heavy atom. The van der Waals surface area contributed by atoms with E-state index < -0.39 is 42.4 Å². The van der Waals surface area contributed by atoms with Gasteiger partial charge >= 0.3 is 6.36 Å². The molecule has 3 aromatic rings. The summed E-state index contributed by atoms with van der Waals surface area (Å²) >= 11 is 0. The third-order valence-electron chi connectivity index (χ3n) is 5.38. The molecule has 0 radical (unpaired) electrons. The number of methoxy groups -OCH3 is 1. The topological polar surface area (TPSA) is 86.3 Å². The Balaban J connectivity index is 1.73. The molecule has 0 fully saturated rings. The van der Waals surface area contributed by atoms with Gasteiger partial charge in [0.2, 0.25) is 0 Å². The van der Waals surface area contributed by atoms with Gasteiger partial charge in [0, 0.05) is 29.8 Å². The van der Waals surface area contributed by atoms with Gasteiger partial charge in [0.05, 0.1) is 6.61 Å². The van der Waals surface area contributed by atoms with Crippen molar-refractivity contribution in [3.05, 3.63) is 78.1 Å². The SMILES string of the molecule is COCCOc1ccc(C(=O)NN(C(=O)COc2ccc(F)cc2-c2ccccc2OC(F)(F)F)C(C)C)cc1. The zero-order chi connectivity index (χ0) is 29.3. The number of halogens is 4. The third kappa shape index (κ3) is 8.60. The number of nitrogens with zero attached hydrogens (tertiary/aromatic N) is 1. The number of para-hydroxylation sites is 1. The number of rotatable bonds is 11. The number of amides is 2. The molecule has 0 saturated carbocycles. The van der Waals surface area contributed by atoms with E-state index in [1.54, 1.807) is 33.1 Å². The second-order valence-corrected chi connectivity index (χ2v) is 8.64. The molecule has 0 bridgehead atoms. The first-order valence-electron chi connectivity index (χ1n) is 12.1. The molecule has 0 saturated heterocycles. The van der Waals surface area contributed by atoms with Crippen molar-refractivity contribution in [3.63, 3.8) is 0 Å². The highest BCUT2D eigenvalue weighted by atomic mass is 19.4. The summed E-state index contributed by atoms with van der Waals surface area (Å²) in [5.74, 6) is -2.04. The Kier molecular flexibility index (Phi) is 10.3. The lowest BCUT2D eigenvalue weighted by atomic mass is 10.0. The summed E-state index contributed by atoms with van der Waals surface area (Å²) in [6.07, 6.45) is -4.98. The highest BCUT2D eigenvalue weighted by molar-refractivity contribution is 5.95. The van der Waals surface area contributed by atoms with Crippen LogP contribution in [0.15, 0.2) is 66.7 Å². The Hall–Kier alpha value is -4.32. The Bertz CT molecular complexity index is 1300. The summed E-state index contributed by atoms with van der Waals surface area (Å²) in [4.78, 5) is 25.8. The molecule has 8 nitrogen and oxygen atoms in total. The van der Waals surface area contributed by atoms with E-state index >= 15 is 0 Å². The zero-order valence-corrected chi connectivity index (χ0v) is 22.0. The molecule has 0 aromatic heterocycles. The lowest BCUT2D eigenvalue weighted by Crippen LogP contribution is -2.51. The van der Waals surface area contributed by atoms with Crippen LogP contribution in [0.2, 0.25) is 0 Å². The summed E-state index contributed by atoms with van der Waals surface area (Å²) in [7, 11) is 1.55. The van der Waals surface area contributed by atoms with E-state index in [0.29, 0.717) is 19.0 Å². The number of ether oxygens (including phenoxy) is 4. The standard InChI is InChI=1S/C28H28F4N2O6/c1-18(2)34(33-27(36)19-8-11-21(12-9-19)38-15-14-37-3)26(35)17-39-24-13-10-20(29)16-23(24)22-6-4-5-7-25(22)40-28(30,31)32/h4-13,16,18H,14-15,17H2,1-3H3,(H,33,36). The maximum Gasteiger partial charge on any atom is 0.573 e. The van der Waals surface area contributed by atoms with Crippen LogP contribution in [0.5, 0.6) is 17.2 Å². The molecular formula is C28H28F4N2O6. The molecule has 3 aromatic carbocycles. The van der Waals surface area contributed by atoms with Crippen molar-refractivity contribution in [3.8, 4) is 28.4 Å². The minimum atomic E-state index is -4.98. The molecule has 0 spiro atoms. The van der Waals surface area contributed by atoms with E-state index in [9.17, 15) is 27.2 Å². The molecule has 12 heteroatoms. The monoisotopic (exact) mass is 564 g/mol. The lowest BCUT2D eigenvalue weighted by Gasteiger charge is -2.27. The average molecular weight is 565 g/mol. The van der Waals surface area contributed by atoms with Crippen LogP contribution >= 0.6 is 0 Å². The van der Waals surface area contributed by atoms with E-state index in [4.69, 9.17) is 14.2 Å². The number of hydrogen-bond acceptors (Lipinski definition) is 6. The Morgan fingerprint density at radius 1 is 0.900 bits per heavy atom. The zero-order valence-electron chi connectivity index (χ0n) is 22.0. The van der Waals surface area contributed by atoms with E-state index in [1.807, 2.05) is 0 Å². The summed E-state index contributed by atoms with van der Waals surface area (Å²) in [6, 6.07) is 14.2. The number of hydrazine groups is 1. The fourth-order valence-corrected chi connectivity index (χ4v) is 3.55. The first kappa shape index (κ1) is 30.2. The molecule has 0 aliphatic rings. The third-order valence-corrected chi connectivity index (χ3v) is 5.38. The number of carbonyl (C=O) groups excluding carboxylic acids is 2. The molecule has 0 aliphatic heterocycles. The van der Waals surface area contributed by atoms with Crippen LogP contribution in [0.1, 0.15) is 24.2 Å². The molecule has 40 heavy (non-hydrogen) atoms. The van der Waals surface area contributed by atoms with Crippen LogP contribution in [0.3, 0.4) is 0 Å². The summed E-state index contributed by atoms with van der Waals surface area (Å²) in [6.45, 7) is 3.47. The van der Waals surface area contributed by atoms with Crippen LogP contribution in [-0.4, -0.2) is 56.2 Å². The molecule has 0 heterocycles. The molecule has 3 rings (SSSR count). The van der Waals surface area contributed by atoms with Crippen LogP contribution in [0.25, 0.3) is 11.1 Å². The molecular weight excluding hydrogens is 536 g/mol. The van der Waals surface area contributed by atoms with E-state index in [-0.39, 0.29) is 22.4 Å². The van der Waals surface area contributed by atoms with Crippen LogP contribution < -0.4 is 19.6 Å². The predicted octanol–water partition coefficient (Wildman–Crippen LogP) is 5.38. The molecule has 2 amide bonds. The van der Waals surface area contributed by atoms with Gasteiger partial charge < -0.3 is 18.9 Å². The lowest BCUT2D eigenvalue weighted by molar-refractivity contribution is -0.274. The minimum absolute atomic E-state index is 0.0550. The van der Waals surface area contributed by atoms with E-state index in [0.717, 1.165) is 23.2 Å². The molecule has 0 atom stereocenters. The smallest absolute Gasteiger partial charge is 0.491 e. The van der Waals surface area contributed by atoms with Crippen molar-refractivity contribution in [1.29, 1.82) is 0 Å². The quantitative estimate of drug-likeness (QED) is 0.191. The van der Waals surface area contributed by atoms with Crippen LogP contribution in [0.4, 0.5) is 17.6 Å². The van der Waals surface area contributed by atoms with Crippen LogP contribution in [0, 0.1) is 5.82 Å². The number of alkyl halides is 3. The number of nitrogens with one attached hydrogen (secondary N) is 1. The molecule has 214 valence electrons. The van der Waals surface area contributed by atoms with E-state index in [2.05, 4.69) is 10.2 Å². The van der Waals surface area contributed by atoms with Crippen molar-refractivity contribution < 1.29 is 46.1 Å². The fraction of sp³-hybridized carbons (Fsp3) is 0.286. The van der Waals surface area contributed by atoms with Gasteiger partial charge in [-0.15, -0.1) is 13.2 Å². The molecule has 0 aliphatic carbocycles. The number of hydrogen-bond donors (Lipinski definition) is 1. The second-order valence-electron chi connectivity index (χ2n) is 8.64. The van der Waals surface area contributed by atoms with Crippen molar-refractivity contribution in [2.45, 2.75) is 26.3 Å². The summed E-state index contributed by atoms with van der Waals surface area (Å²) < 4.78 is 72.9. The molecule has 1 N–H and O–H groups in total. The van der Waals surface area contributed by atoms with Gasteiger partial charge in [-0.25, -0.2) is 9.40 Å². The maximum absolute atomic E-state index is 14.1. The van der Waals surface area contributed by atoms with Gasteiger partial charge in [0.25, 0.3) is 11.8 Å². The van der Waals surface area contributed by atoms with Gasteiger partial charge in [0.1, 0.15) is 29.7 Å². The van der Waals surface area contributed by atoms with Gasteiger partial charge in [-0.05, 0) is 62.4 Å². The highest BCUT2D eigenvalue weighted by Crippen LogP contribution is 2.39. The van der Waals surface area contributed by atoms with Crippen LogP contribution in [-0.2, 0) is 9.53 Å². The second kappa shape index (κ2) is 13.7. The first-order valence-corrected chi connectivity index (χ1v) is 12.1. The number of benzene rings is 3. The van der Waals surface area contributed by atoms with Crippen molar-refractivity contribution in [2.24, 2.45) is 0 Å². The van der Waals surface area contributed by atoms with Gasteiger partial charge in [-0.2, -0.15) is 0 Å². The average Bonchev–Trinajstić information content (AvgIpc) is 2.90. The van der Waals surface area contributed by atoms with Gasteiger partial charge in [-0.1, -0.05) is 18.2 Å². The summed E-state index contributed by atoms with van der Waals surface area (Å²) in [5.41, 5.74) is 2.65. The summed E-state index contributed by atoms with van der Waals surface area (Å²) in [5, 5.41) is 1.06. The fourth-order valence-electron chi connectivity index (χ4n) is 3.55. The first-order chi connectivity index (χ1) is 19.0. The minimum Gasteiger partial charge on any atom is -0.491 e. The number of carbonyl (C=O) groups is 2. The largest absolute Gasteiger partial charge is 0.573 e. The Labute approximate surface area is 228 Å². The normalized spacial score (nSPS) is 11.2. The highest BCUT2D eigenvalue weighted by Gasteiger charge is 2.32.